The molecule has 112 valence electrons. The van der Waals surface area contributed by atoms with Crippen molar-refractivity contribution in [2.45, 2.75) is 19.9 Å². The number of aromatic nitrogens is 2. The summed E-state index contributed by atoms with van der Waals surface area (Å²) >= 11 is 6.34. The van der Waals surface area contributed by atoms with Crippen molar-refractivity contribution in [2.24, 2.45) is 0 Å². The molecule has 0 spiro atoms. The van der Waals surface area contributed by atoms with Crippen molar-refractivity contribution in [2.75, 3.05) is 25.0 Å². The molecule has 0 aromatic carbocycles. The molecule has 21 heavy (non-hydrogen) atoms. The van der Waals surface area contributed by atoms with E-state index in [-0.39, 0.29) is 0 Å². The molecule has 2 rings (SSSR count). The Labute approximate surface area is 131 Å². The van der Waals surface area contributed by atoms with Crippen molar-refractivity contribution in [3.63, 3.8) is 0 Å². The highest BCUT2D eigenvalue weighted by molar-refractivity contribution is 6.33. The van der Waals surface area contributed by atoms with E-state index in [1.165, 1.54) is 5.56 Å². The Kier molecular flexibility index (Phi) is 5.96. The zero-order valence-corrected chi connectivity index (χ0v) is 13.3. The van der Waals surface area contributed by atoms with E-state index in [1.54, 1.807) is 0 Å². The molecule has 0 fully saturated rings. The van der Waals surface area contributed by atoms with Crippen LogP contribution < -0.4 is 10.2 Å². The lowest BCUT2D eigenvalue weighted by atomic mass is 10.2. The van der Waals surface area contributed by atoms with Gasteiger partial charge in [0.15, 0.2) is 0 Å². The molecule has 0 unspecified atom stereocenters. The molecule has 0 aliphatic heterocycles. The van der Waals surface area contributed by atoms with Gasteiger partial charge < -0.3 is 10.2 Å². The standard InChI is InChI=1S/C16H21ClN4/c1-3-18-11-14-10-15(17)16(20-12-14)21(2)9-6-13-4-7-19-8-5-13/h4-5,7-8,10,12,18H,3,6,9,11H2,1-2H3. The van der Waals surface area contributed by atoms with Crippen molar-refractivity contribution in [3.8, 4) is 0 Å². The Balaban J connectivity index is 1.97. The molecule has 0 saturated heterocycles. The van der Waals surface area contributed by atoms with Crippen LogP contribution in [0.4, 0.5) is 5.82 Å². The summed E-state index contributed by atoms with van der Waals surface area (Å²) in [4.78, 5) is 10.6. The average Bonchev–Trinajstić information content (AvgIpc) is 2.51. The third-order valence-corrected chi connectivity index (χ3v) is 3.58. The number of pyridine rings is 2. The normalized spacial score (nSPS) is 10.6. The van der Waals surface area contributed by atoms with Crippen LogP contribution in [0.3, 0.4) is 0 Å². The second-order valence-corrected chi connectivity index (χ2v) is 5.36. The van der Waals surface area contributed by atoms with E-state index in [1.807, 2.05) is 43.8 Å². The van der Waals surface area contributed by atoms with Gasteiger partial charge in [0, 0.05) is 38.7 Å². The largest absolute Gasteiger partial charge is 0.358 e. The molecule has 5 heteroatoms. The van der Waals surface area contributed by atoms with Crippen molar-refractivity contribution >= 4 is 17.4 Å². The van der Waals surface area contributed by atoms with Crippen LogP contribution in [-0.2, 0) is 13.0 Å². The van der Waals surface area contributed by atoms with Gasteiger partial charge in [0.1, 0.15) is 5.82 Å². The van der Waals surface area contributed by atoms with Crippen LogP contribution >= 0.6 is 11.6 Å². The first kappa shape index (κ1) is 15.7. The first-order chi connectivity index (χ1) is 10.2. The van der Waals surface area contributed by atoms with E-state index in [4.69, 9.17) is 11.6 Å². The van der Waals surface area contributed by atoms with E-state index in [9.17, 15) is 0 Å². The van der Waals surface area contributed by atoms with Crippen LogP contribution in [0, 0.1) is 0 Å². The summed E-state index contributed by atoms with van der Waals surface area (Å²) in [7, 11) is 2.01. The first-order valence-electron chi connectivity index (χ1n) is 7.16. The molecule has 2 aromatic rings. The van der Waals surface area contributed by atoms with Crippen molar-refractivity contribution in [3.05, 3.63) is 52.9 Å². The third kappa shape index (κ3) is 4.69. The number of halogens is 1. The monoisotopic (exact) mass is 304 g/mol. The molecule has 0 bridgehead atoms. The molecule has 0 radical (unpaired) electrons. The fourth-order valence-electron chi connectivity index (χ4n) is 2.07. The van der Waals surface area contributed by atoms with Gasteiger partial charge in [0.05, 0.1) is 5.02 Å². The predicted molar refractivity (Wildman–Crippen MR) is 87.8 cm³/mol. The van der Waals surface area contributed by atoms with Crippen molar-refractivity contribution in [1.29, 1.82) is 0 Å². The maximum Gasteiger partial charge on any atom is 0.147 e. The molecule has 0 atom stereocenters. The van der Waals surface area contributed by atoms with E-state index in [0.29, 0.717) is 5.02 Å². The van der Waals surface area contributed by atoms with Crippen LogP contribution in [0.2, 0.25) is 5.02 Å². The summed E-state index contributed by atoms with van der Waals surface area (Å²) in [5.74, 6) is 0.825. The number of likely N-dealkylation sites (N-methyl/N-ethyl adjacent to an activating group) is 1. The molecular weight excluding hydrogens is 284 g/mol. The van der Waals surface area contributed by atoms with E-state index in [0.717, 1.165) is 37.4 Å². The molecule has 4 nitrogen and oxygen atoms in total. The highest BCUT2D eigenvalue weighted by Gasteiger charge is 2.09. The fraction of sp³-hybridized carbons (Fsp3) is 0.375. The summed E-state index contributed by atoms with van der Waals surface area (Å²) < 4.78 is 0. The lowest BCUT2D eigenvalue weighted by Gasteiger charge is -2.19. The molecule has 2 aromatic heterocycles. The Hall–Kier alpha value is -1.65. The summed E-state index contributed by atoms with van der Waals surface area (Å²) in [6.45, 7) is 4.68. The minimum atomic E-state index is 0.697. The van der Waals surface area contributed by atoms with E-state index in [2.05, 4.69) is 27.1 Å². The quantitative estimate of drug-likeness (QED) is 0.854. The number of nitrogens with one attached hydrogen (secondary N) is 1. The van der Waals surface area contributed by atoms with Gasteiger partial charge >= 0.3 is 0 Å². The van der Waals surface area contributed by atoms with Crippen LogP contribution in [0.1, 0.15) is 18.1 Å². The fourth-order valence-corrected chi connectivity index (χ4v) is 2.40. The predicted octanol–water partition coefficient (Wildman–Crippen LogP) is 2.92. The number of rotatable bonds is 7. The van der Waals surface area contributed by atoms with Gasteiger partial charge in [-0.3, -0.25) is 4.98 Å². The van der Waals surface area contributed by atoms with E-state index >= 15 is 0 Å². The third-order valence-electron chi connectivity index (χ3n) is 3.30. The lowest BCUT2D eigenvalue weighted by Crippen LogP contribution is -2.22. The Bertz CT molecular complexity index is 559. The van der Waals surface area contributed by atoms with Crippen molar-refractivity contribution < 1.29 is 0 Å². The molecular formula is C16H21ClN4. The van der Waals surface area contributed by atoms with Gasteiger partial charge in [-0.2, -0.15) is 0 Å². The van der Waals surface area contributed by atoms with Gasteiger partial charge in [-0.05, 0) is 42.3 Å². The van der Waals surface area contributed by atoms with Crippen LogP contribution in [-0.4, -0.2) is 30.1 Å². The van der Waals surface area contributed by atoms with Crippen LogP contribution in [0.15, 0.2) is 36.8 Å². The molecule has 0 aliphatic rings. The molecule has 0 aliphatic carbocycles. The van der Waals surface area contributed by atoms with E-state index < -0.39 is 0 Å². The van der Waals surface area contributed by atoms with Gasteiger partial charge in [0.25, 0.3) is 0 Å². The SMILES string of the molecule is CCNCc1cnc(N(C)CCc2ccncc2)c(Cl)c1. The summed E-state index contributed by atoms with van der Waals surface area (Å²) in [6.07, 6.45) is 6.45. The number of anilines is 1. The van der Waals surface area contributed by atoms with Crippen molar-refractivity contribution in [1.82, 2.24) is 15.3 Å². The van der Waals surface area contributed by atoms with Gasteiger partial charge in [-0.1, -0.05) is 18.5 Å². The maximum atomic E-state index is 6.34. The molecule has 2 heterocycles. The highest BCUT2D eigenvalue weighted by atomic mass is 35.5. The Morgan fingerprint density at radius 3 is 2.67 bits per heavy atom. The molecule has 0 amide bonds. The van der Waals surface area contributed by atoms with Crippen LogP contribution in [0.5, 0.6) is 0 Å². The average molecular weight is 305 g/mol. The molecule has 1 N–H and O–H groups in total. The van der Waals surface area contributed by atoms with Crippen LogP contribution in [0.25, 0.3) is 0 Å². The first-order valence-corrected chi connectivity index (χ1v) is 7.53. The van der Waals surface area contributed by atoms with Gasteiger partial charge in [0.2, 0.25) is 0 Å². The second-order valence-electron chi connectivity index (χ2n) is 4.96. The molecule has 0 saturated carbocycles. The Morgan fingerprint density at radius 1 is 1.24 bits per heavy atom. The summed E-state index contributed by atoms with van der Waals surface area (Å²) in [5, 5.41) is 3.97. The lowest BCUT2D eigenvalue weighted by molar-refractivity contribution is 0.724. The van der Waals surface area contributed by atoms with Gasteiger partial charge in [-0.15, -0.1) is 0 Å². The number of nitrogens with zero attached hydrogens (tertiary/aromatic N) is 3. The zero-order chi connectivity index (χ0) is 15.1. The minimum absolute atomic E-state index is 0.697. The highest BCUT2D eigenvalue weighted by Crippen LogP contribution is 2.23. The second kappa shape index (κ2) is 7.96. The maximum absolute atomic E-state index is 6.34. The Morgan fingerprint density at radius 2 is 2.00 bits per heavy atom. The zero-order valence-electron chi connectivity index (χ0n) is 12.5. The number of hydrogen-bond donors (Lipinski definition) is 1. The smallest absolute Gasteiger partial charge is 0.147 e. The summed E-state index contributed by atoms with van der Waals surface area (Å²) in [6, 6.07) is 6.04. The van der Waals surface area contributed by atoms with Gasteiger partial charge in [-0.25, -0.2) is 4.98 Å². The topological polar surface area (TPSA) is 41.1 Å². The summed E-state index contributed by atoms with van der Waals surface area (Å²) in [5.41, 5.74) is 2.37. The number of hydrogen-bond acceptors (Lipinski definition) is 4. The minimum Gasteiger partial charge on any atom is -0.358 e.